The van der Waals surface area contributed by atoms with E-state index < -0.39 is 11.6 Å². The second-order valence-corrected chi connectivity index (χ2v) is 6.93. The summed E-state index contributed by atoms with van der Waals surface area (Å²) in [6.45, 7) is 2.55. The molecule has 3 aromatic rings. The summed E-state index contributed by atoms with van der Waals surface area (Å²) in [4.78, 5) is 13.5. The molecule has 0 spiro atoms. The summed E-state index contributed by atoms with van der Waals surface area (Å²) in [6.07, 6.45) is 3.86. The van der Waals surface area contributed by atoms with Crippen LogP contribution in [0.15, 0.2) is 24.5 Å². The second kappa shape index (κ2) is 6.74. The Morgan fingerprint density at radius 3 is 2.68 bits per heavy atom. The fourth-order valence-corrected chi connectivity index (χ4v) is 3.52. The lowest BCUT2D eigenvalue weighted by Crippen LogP contribution is -2.34. The van der Waals surface area contributed by atoms with Crippen molar-refractivity contribution >= 4 is 17.4 Å². The van der Waals surface area contributed by atoms with Gasteiger partial charge in [-0.15, -0.1) is 0 Å². The van der Waals surface area contributed by atoms with Crippen LogP contribution in [0.4, 0.5) is 20.3 Å². The van der Waals surface area contributed by atoms with Crippen LogP contribution in [0.25, 0.3) is 11.1 Å². The predicted octanol–water partition coefficient (Wildman–Crippen LogP) is 2.75. The van der Waals surface area contributed by atoms with Crippen LogP contribution in [0.1, 0.15) is 18.2 Å². The molecule has 1 N–H and O–H groups in total. The molecular weight excluding hydrogens is 366 g/mol. The lowest BCUT2D eigenvalue weighted by molar-refractivity contribution is -0.129. The molecule has 0 saturated carbocycles. The number of anilines is 2. The Hall–Kier alpha value is -3.23. The largest absolute Gasteiger partial charge is 0.338 e. The Kier molecular flexibility index (Phi) is 4.37. The highest BCUT2D eigenvalue weighted by atomic mass is 19.1. The molecule has 1 aromatic carbocycles. The van der Waals surface area contributed by atoms with E-state index in [2.05, 4.69) is 15.5 Å². The predicted molar refractivity (Wildman–Crippen MR) is 99.8 cm³/mol. The van der Waals surface area contributed by atoms with Crippen molar-refractivity contribution in [3.8, 4) is 11.1 Å². The van der Waals surface area contributed by atoms with E-state index in [1.54, 1.807) is 27.5 Å². The molecule has 3 heterocycles. The number of nitrogens with zero attached hydrogens (tertiary/aromatic N) is 5. The quantitative estimate of drug-likeness (QED) is 0.752. The van der Waals surface area contributed by atoms with E-state index in [1.165, 1.54) is 19.2 Å². The van der Waals surface area contributed by atoms with Gasteiger partial charge in [0.15, 0.2) is 5.82 Å². The fraction of sp³-hybridized carbons (Fsp3) is 0.316. The zero-order valence-corrected chi connectivity index (χ0v) is 15.8. The van der Waals surface area contributed by atoms with Crippen LogP contribution in [0.3, 0.4) is 0 Å². The standard InChI is InChI=1S/C19H20F2N6O/c1-11(28)27-5-4-18-14(10-27)19(24-26(18)3)23-17-6-13(15(20)7-16(17)21)12-8-22-25(2)9-12/h6-9H,4-5,10H2,1-3H3,(H,23,24). The molecule has 1 aliphatic heterocycles. The number of carbonyl (C=O) groups excluding carboxylic acids is 1. The molecule has 146 valence electrons. The molecule has 0 radical (unpaired) electrons. The monoisotopic (exact) mass is 386 g/mol. The van der Waals surface area contributed by atoms with Gasteiger partial charge in [-0.25, -0.2) is 8.78 Å². The summed E-state index contributed by atoms with van der Waals surface area (Å²) in [7, 11) is 3.54. The number of hydrogen-bond donors (Lipinski definition) is 1. The number of aryl methyl sites for hydroxylation is 2. The molecule has 28 heavy (non-hydrogen) atoms. The fourth-order valence-electron chi connectivity index (χ4n) is 3.52. The highest BCUT2D eigenvalue weighted by Crippen LogP contribution is 2.32. The first-order chi connectivity index (χ1) is 13.3. The van der Waals surface area contributed by atoms with Gasteiger partial charge in [0, 0.05) is 68.6 Å². The lowest BCUT2D eigenvalue weighted by Gasteiger charge is -2.26. The molecule has 0 aliphatic carbocycles. The molecule has 0 unspecified atom stereocenters. The number of benzene rings is 1. The first kappa shape index (κ1) is 18.1. The van der Waals surface area contributed by atoms with E-state index >= 15 is 0 Å². The maximum absolute atomic E-state index is 14.5. The van der Waals surface area contributed by atoms with Gasteiger partial charge in [0.05, 0.1) is 18.4 Å². The van der Waals surface area contributed by atoms with E-state index in [0.29, 0.717) is 30.9 Å². The normalized spacial score (nSPS) is 13.5. The Bertz CT molecular complexity index is 1070. The average molecular weight is 386 g/mol. The third kappa shape index (κ3) is 3.12. The molecule has 7 nitrogen and oxygen atoms in total. The van der Waals surface area contributed by atoms with Gasteiger partial charge < -0.3 is 10.2 Å². The van der Waals surface area contributed by atoms with Gasteiger partial charge in [-0.1, -0.05) is 0 Å². The van der Waals surface area contributed by atoms with Crippen LogP contribution in [0.5, 0.6) is 0 Å². The summed E-state index contributed by atoms with van der Waals surface area (Å²) in [6, 6.07) is 2.26. The number of rotatable bonds is 3. The Morgan fingerprint density at radius 2 is 2.00 bits per heavy atom. The Balaban J connectivity index is 1.72. The van der Waals surface area contributed by atoms with Crippen LogP contribution >= 0.6 is 0 Å². The number of carbonyl (C=O) groups is 1. The third-order valence-corrected chi connectivity index (χ3v) is 5.01. The summed E-state index contributed by atoms with van der Waals surface area (Å²) in [5.41, 5.74) is 2.74. The number of halogens is 2. The van der Waals surface area contributed by atoms with Gasteiger partial charge in [0.1, 0.15) is 11.6 Å². The topological polar surface area (TPSA) is 68.0 Å². The zero-order chi connectivity index (χ0) is 20.0. The van der Waals surface area contributed by atoms with Crippen LogP contribution in [0, 0.1) is 11.6 Å². The Labute approximate surface area is 160 Å². The van der Waals surface area contributed by atoms with E-state index in [0.717, 1.165) is 17.3 Å². The van der Waals surface area contributed by atoms with Crippen molar-refractivity contribution in [2.24, 2.45) is 14.1 Å². The van der Waals surface area contributed by atoms with Crippen molar-refractivity contribution in [1.82, 2.24) is 24.5 Å². The number of fused-ring (bicyclic) bond motifs is 1. The van der Waals surface area contributed by atoms with Gasteiger partial charge in [-0.3, -0.25) is 14.2 Å². The number of hydrogen-bond acceptors (Lipinski definition) is 4. The van der Waals surface area contributed by atoms with E-state index in [9.17, 15) is 13.6 Å². The molecule has 9 heteroatoms. The molecule has 0 atom stereocenters. The third-order valence-electron chi connectivity index (χ3n) is 5.01. The van der Waals surface area contributed by atoms with Crippen LogP contribution in [0.2, 0.25) is 0 Å². The van der Waals surface area contributed by atoms with Gasteiger partial charge >= 0.3 is 0 Å². The molecule has 1 aliphatic rings. The molecule has 1 amide bonds. The minimum absolute atomic E-state index is 0.0210. The second-order valence-electron chi connectivity index (χ2n) is 6.93. The van der Waals surface area contributed by atoms with Crippen LogP contribution in [-0.2, 0) is 31.9 Å². The van der Waals surface area contributed by atoms with Crippen LogP contribution in [-0.4, -0.2) is 36.9 Å². The Morgan fingerprint density at radius 1 is 1.21 bits per heavy atom. The van der Waals surface area contributed by atoms with E-state index in [-0.39, 0.29) is 17.2 Å². The summed E-state index contributed by atoms with van der Waals surface area (Å²) in [5, 5.41) is 11.5. The minimum Gasteiger partial charge on any atom is -0.338 e. The summed E-state index contributed by atoms with van der Waals surface area (Å²) >= 11 is 0. The highest BCUT2D eigenvalue weighted by Gasteiger charge is 2.26. The first-order valence-electron chi connectivity index (χ1n) is 8.89. The van der Waals surface area contributed by atoms with Crippen molar-refractivity contribution in [3.63, 3.8) is 0 Å². The maximum atomic E-state index is 14.5. The first-order valence-corrected chi connectivity index (χ1v) is 8.89. The van der Waals surface area contributed by atoms with Gasteiger partial charge in [0.25, 0.3) is 0 Å². The van der Waals surface area contributed by atoms with Gasteiger partial charge in [-0.2, -0.15) is 10.2 Å². The van der Waals surface area contributed by atoms with Crippen molar-refractivity contribution in [2.75, 3.05) is 11.9 Å². The molecule has 0 saturated heterocycles. The van der Waals surface area contributed by atoms with Gasteiger partial charge in [-0.05, 0) is 6.07 Å². The molecule has 2 aromatic heterocycles. The number of aromatic nitrogens is 4. The summed E-state index contributed by atoms with van der Waals surface area (Å²) in [5.74, 6) is -0.941. The van der Waals surface area contributed by atoms with Crippen LogP contribution < -0.4 is 5.32 Å². The van der Waals surface area contributed by atoms with Crippen molar-refractivity contribution < 1.29 is 13.6 Å². The molecular formula is C19H20F2N6O. The van der Waals surface area contributed by atoms with E-state index in [1.807, 2.05) is 7.05 Å². The highest BCUT2D eigenvalue weighted by molar-refractivity contribution is 5.75. The smallest absolute Gasteiger partial charge is 0.219 e. The molecule has 0 bridgehead atoms. The minimum atomic E-state index is -0.719. The molecule has 4 rings (SSSR count). The SMILES string of the molecule is CC(=O)N1CCc2c(c(Nc3cc(-c4cnn(C)c4)c(F)cc3F)nn2C)C1. The van der Waals surface area contributed by atoms with E-state index in [4.69, 9.17) is 0 Å². The number of nitrogens with one attached hydrogen (secondary N) is 1. The average Bonchev–Trinajstić information content (AvgIpc) is 3.21. The molecule has 0 fully saturated rings. The van der Waals surface area contributed by atoms with Crippen molar-refractivity contribution in [3.05, 3.63) is 47.4 Å². The summed E-state index contributed by atoms with van der Waals surface area (Å²) < 4.78 is 32.1. The lowest BCUT2D eigenvalue weighted by atomic mass is 10.1. The van der Waals surface area contributed by atoms with Crippen molar-refractivity contribution in [2.45, 2.75) is 19.9 Å². The van der Waals surface area contributed by atoms with Gasteiger partial charge in [0.2, 0.25) is 5.91 Å². The van der Waals surface area contributed by atoms with Crippen molar-refractivity contribution in [1.29, 1.82) is 0 Å². The maximum Gasteiger partial charge on any atom is 0.219 e. The number of amides is 1. The zero-order valence-electron chi connectivity index (χ0n) is 15.8.